The average molecular weight is 269 g/mol. The van der Waals surface area contributed by atoms with E-state index in [9.17, 15) is 0 Å². The number of nitrogens with one attached hydrogen (secondary N) is 1. The third-order valence-electron chi connectivity index (χ3n) is 3.42. The Morgan fingerprint density at radius 1 is 1.30 bits per heavy atom. The van der Waals surface area contributed by atoms with E-state index in [4.69, 9.17) is 5.73 Å². The average Bonchev–Trinajstić information content (AvgIpc) is 2.89. The number of benzene rings is 1. The highest BCUT2D eigenvalue weighted by molar-refractivity contribution is 5.92. The molecule has 0 unspecified atom stereocenters. The Labute approximate surface area is 118 Å². The van der Waals surface area contributed by atoms with E-state index in [0.717, 1.165) is 24.3 Å². The van der Waals surface area contributed by atoms with Crippen LogP contribution in [0.2, 0.25) is 0 Å². The first-order valence-electron chi connectivity index (χ1n) is 6.98. The summed E-state index contributed by atoms with van der Waals surface area (Å²) in [7, 11) is 0. The minimum Gasteiger partial charge on any atom is -0.370 e. The number of nitrogens with zero attached hydrogens (tertiary/aromatic N) is 3. The maximum atomic E-state index is 5.88. The fraction of sp³-hybridized carbons (Fsp3) is 0.333. The van der Waals surface area contributed by atoms with E-state index in [1.165, 1.54) is 18.7 Å². The van der Waals surface area contributed by atoms with Crippen LogP contribution in [-0.2, 0) is 19.5 Å². The van der Waals surface area contributed by atoms with Crippen molar-refractivity contribution in [1.82, 2.24) is 9.55 Å². The van der Waals surface area contributed by atoms with Crippen molar-refractivity contribution in [1.29, 1.82) is 0 Å². The number of fused-ring (bicyclic) bond motifs is 1. The van der Waals surface area contributed by atoms with Crippen molar-refractivity contribution >= 4 is 11.6 Å². The van der Waals surface area contributed by atoms with Gasteiger partial charge in [-0.05, 0) is 25.0 Å². The number of nitrogens with two attached hydrogens (primary N) is 1. The van der Waals surface area contributed by atoms with E-state index in [-0.39, 0.29) is 0 Å². The third kappa shape index (κ3) is 2.99. The summed E-state index contributed by atoms with van der Waals surface area (Å²) in [6.45, 7) is 1.59. The Morgan fingerprint density at radius 2 is 2.15 bits per heavy atom. The summed E-state index contributed by atoms with van der Waals surface area (Å²) in [5.74, 6) is 1.60. The lowest BCUT2D eigenvalue weighted by Crippen LogP contribution is -2.22. The second kappa shape index (κ2) is 5.77. The first kappa shape index (κ1) is 12.7. The Bertz CT molecular complexity index is 576. The first-order valence-corrected chi connectivity index (χ1v) is 6.98. The summed E-state index contributed by atoms with van der Waals surface area (Å²) in [5, 5.41) is 3.07. The van der Waals surface area contributed by atoms with Gasteiger partial charge >= 0.3 is 0 Å². The lowest BCUT2D eigenvalue weighted by Gasteiger charge is -2.11. The number of hydrogen-bond acceptors (Lipinski definition) is 2. The van der Waals surface area contributed by atoms with Gasteiger partial charge in [0.2, 0.25) is 0 Å². The number of rotatable bonds is 3. The summed E-state index contributed by atoms with van der Waals surface area (Å²) < 4.78 is 2.23. The van der Waals surface area contributed by atoms with Gasteiger partial charge in [-0.2, -0.15) is 0 Å². The lowest BCUT2D eigenvalue weighted by atomic mass is 10.2. The first-order chi connectivity index (χ1) is 9.81. The van der Waals surface area contributed by atoms with Crippen LogP contribution in [0, 0.1) is 0 Å². The molecule has 3 N–H and O–H groups in total. The summed E-state index contributed by atoms with van der Waals surface area (Å²) in [6.07, 6.45) is 5.64. The lowest BCUT2D eigenvalue weighted by molar-refractivity contribution is 0.522. The topological polar surface area (TPSA) is 68.2 Å². The number of imidazole rings is 1. The Morgan fingerprint density at radius 3 is 2.95 bits per heavy atom. The quantitative estimate of drug-likeness (QED) is 0.662. The molecule has 0 atom stereocenters. The molecule has 5 heteroatoms. The zero-order valence-electron chi connectivity index (χ0n) is 11.4. The van der Waals surface area contributed by atoms with Crippen LogP contribution in [0.25, 0.3) is 0 Å². The molecule has 1 aliphatic heterocycles. The normalized spacial score (nSPS) is 14.9. The van der Waals surface area contributed by atoms with Gasteiger partial charge < -0.3 is 15.6 Å². The molecule has 104 valence electrons. The van der Waals surface area contributed by atoms with Gasteiger partial charge in [0.05, 0.1) is 12.2 Å². The second-order valence-electron chi connectivity index (χ2n) is 4.99. The molecule has 0 amide bonds. The van der Waals surface area contributed by atoms with Gasteiger partial charge in [-0.25, -0.2) is 9.98 Å². The second-order valence-corrected chi connectivity index (χ2v) is 4.99. The number of aromatic nitrogens is 2. The van der Waals surface area contributed by atoms with Crippen LogP contribution in [0.15, 0.2) is 41.5 Å². The standard InChI is InChI=1S/C15H19N5/c16-15(19-12-6-2-1-3-7-12)17-10-13-11-20-9-5-4-8-14(20)18-13/h1-3,6-7,11H,4-5,8-10H2,(H3,16,17,19). The van der Waals surface area contributed by atoms with Gasteiger partial charge in [0.15, 0.2) is 5.96 Å². The smallest absolute Gasteiger partial charge is 0.193 e. The molecule has 0 saturated heterocycles. The van der Waals surface area contributed by atoms with Crippen molar-refractivity contribution in [2.24, 2.45) is 10.7 Å². The van der Waals surface area contributed by atoms with E-state index in [1.54, 1.807) is 0 Å². The maximum Gasteiger partial charge on any atom is 0.193 e. The van der Waals surface area contributed by atoms with Crippen LogP contribution in [-0.4, -0.2) is 15.5 Å². The highest BCUT2D eigenvalue weighted by atomic mass is 15.1. The van der Waals surface area contributed by atoms with Gasteiger partial charge in [0.1, 0.15) is 5.82 Å². The highest BCUT2D eigenvalue weighted by Gasteiger charge is 2.11. The highest BCUT2D eigenvalue weighted by Crippen LogP contribution is 2.15. The van der Waals surface area contributed by atoms with E-state index < -0.39 is 0 Å². The van der Waals surface area contributed by atoms with Crippen molar-refractivity contribution in [2.75, 3.05) is 5.32 Å². The third-order valence-corrected chi connectivity index (χ3v) is 3.42. The molecule has 2 aromatic rings. The summed E-state index contributed by atoms with van der Waals surface area (Å²) in [6, 6.07) is 9.79. The largest absolute Gasteiger partial charge is 0.370 e. The molecule has 0 fully saturated rings. The number of hydrogen-bond donors (Lipinski definition) is 2. The maximum absolute atomic E-state index is 5.88. The molecule has 2 heterocycles. The number of aliphatic imine (C=N–C) groups is 1. The van der Waals surface area contributed by atoms with Crippen LogP contribution in [0.1, 0.15) is 24.4 Å². The molecule has 5 nitrogen and oxygen atoms in total. The van der Waals surface area contributed by atoms with E-state index in [2.05, 4.69) is 26.1 Å². The number of anilines is 1. The molecule has 20 heavy (non-hydrogen) atoms. The molecule has 3 rings (SSSR count). The molecule has 0 bridgehead atoms. The van der Waals surface area contributed by atoms with Crippen LogP contribution >= 0.6 is 0 Å². The zero-order chi connectivity index (χ0) is 13.8. The molecular weight excluding hydrogens is 250 g/mol. The summed E-state index contributed by atoms with van der Waals surface area (Å²) >= 11 is 0. The van der Waals surface area contributed by atoms with E-state index in [0.29, 0.717) is 12.5 Å². The van der Waals surface area contributed by atoms with Gasteiger partial charge in [0.25, 0.3) is 0 Å². The SMILES string of the molecule is NC(=NCc1cn2c(n1)CCCC2)Nc1ccccc1. The van der Waals surface area contributed by atoms with Gasteiger partial charge in [-0.1, -0.05) is 18.2 Å². The van der Waals surface area contributed by atoms with E-state index >= 15 is 0 Å². The van der Waals surface area contributed by atoms with Gasteiger partial charge in [-0.3, -0.25) is 0 Å². The Kier molecular flexibility index (Phi) is 3.67. The Hall–Kier alpha value is -2.30. The molecule has 1 aromatic heterocycles. The van der Waals surface area contributed by atoms with Gasteiger partial charge in [-0.15, -0.1) is 0 Å². The van der Waals surface area contributed by atoms with Crippen LogP contribution in [0.4, 0.5) is 5.69 Å². The summed E-state index contributed by atoms with van der Waals surface area (Å²) in [5.41, 5.74) is 7.81. The molecular formula is C15H19N5. The van der Waals surface area contributed by atoms with Crippen molar-refractivity contribution in [2.45, 2.75) is 32.4 Å². The molecule has 0 aliphatic carbocycles. The van der Waals surface area contributed by atoms with E-state index in [1.807, 2.05) is 30.3 Å². The van der Waals surface area contributed by atoms with Gasteiger partial charge in [0, 0.05) is 24.8 Å². The molecule has 0 saturated carbocycles. The monoisotopic (exact) mass is 269 g/mol. The molecule has 0 spiro atoms. The predicted molar refractivity (Wildman–Crippen MR) is 80.6 cm³/mol. The van der Waals surface area contributed by atoms with Crippen LogP contribution < -0.4 is 11.1 Å². The fourth-order valence-electron chi connectivity index (χ4n) is 2.42. The fourth-order valence-corrected chi connectivity index (χ4v) is 2.42. The van der Waals surface area contributed by atoms with Crippen molar-refractivity contribution in [3.63, 3.8) is 0 Å². The number of para-hydroxylation sites is 1. The minimum absolute atomic E-state index is 0.419. The van der Waals surface area contributed by atoms with Crippen molar-refractivity contribution < 1.29 is 0 Å². The van der Waals surface area contributed by atoms with Crippen molar-refractivity contribution in [3.05, 3.63) is 48.0 Å². The van der Waals surface area contributed by atoms with Crippen LogP contribution in [0.3, 0.4) is 0 Å². The predicted octanol–water partition coefficient (Wildman–Crippen LogP) is 2.15. The number of guanidine groups is 1. The summed E-state index contributed by atoms with van der Waals surface area (Å²) in [4.78, 5) is 8.94. The van der Waals surface area contributed by atoms with Crippen LogP contribution in [0.5, 0.6) is 0 Å². The molecule has 1 aliphatic rings. The molecule has 0 radical (unpaired) electrons. The zero-order valence-corrected chi connectivity index (χ0v) is 11.4. The van der Waals surface area contributed by atoms with Crippen molar-refractivity contribution in [3.8, 4) is 0 Å². The number of aryl methyl sites for hydroxylation is 2. The Balaban J connectivity index is 1.63. The molecule has 1 aromatic carbocycles. The minimum atomic E-state index is 0.419.